The third-order valence-electron chi connectivity index (χ3n) is 3.39. The zero-order valence-corrected chi connectivity index (χ0v) is 14.7. The van der Waals surface area contributed by atoms with Gasteiger partial charge in [-0.15, -0.1) is 0 Å². The first-order valence-electron chi connectivity index (χ1n) is 8.28. The Morgan fingerprint density at radius 3 is 2.56 bits per heavy atom. The highest BCUT2D eigenvalue weighted by molar-refractivity contribution is 6.07. The van der Waals surface area contributed by atoms with Crippen LogP contribution in [-0.4, -0.2) is 30.0 Å². The molecule has 2 aromatic rings. The van der Waals surface area contributed by atoms with Gasteiger partial charge in [0.25, 0.3) is 5.91 Å². The number of benzene rings is 1. The quantitative estimate of drug-likeness (QED) is 0.753. The van der Waals surface area contributed by atoms with Crippen LogP contribution < -0.4 is 10.6 Å². The predicted octanol–water partition coefficient (Wildman–Crippen LogP) is 3.58. The molecule has 0 spiro atoms. The molecule has 0 aliphatic carbocycles. The average Bonchev–Trinajstić information content (AvgIpc) is 2.61. The van der Waals surface area contributed by atoms with Crippen molar-refractivity contribution in [2.45, 2.75) is 20.8 Å². The van der Waals surface area contributed by atoms with E-state index in [0.29, 0.717) is 22.7 Å². The van der Waals surface area contributed by atoms with Gasteiger partial charge in [-0.05, 0) is 37.1 Å². The van der Waals surface area contributed by atoms with E-state index in [1.54, 1.807) is 43.3 Å². The molecule has 0 aliphatic heterocycles. The van der Waals surface area contributed by atoms with Crippen LogP contribution in [0.4, 0.5) is 11.5 Å². The standard InChI is InChI=1S/C19H23N3O3/c1-4-25-19(24)15-7-5-6-8-16(15)22-18(23)14-9-10-17(21-12-14)20-11-13(2)3/h5-10,12-13H,4,11H2,1-3H3,(H,20,21)(H,22,23). The Morgan fingerprint density at radius 2 is 1.92 bits per heavy atom. The van der Waals surface area contributed by atoms with Crippen molar-refractivity contribution in [1.82, 2.24) is 4.98 Å². The van der Waals surface area contributed by atoms with Crippen LogP contribution in [0.1, 0.15) is 41.5 Å². The van der Waals surface area contributed by atoms with E-state index >= 15 is 0 Å². The van der Waals surface area contributed by atoms with Crippen LogP contribution in [0.2, 0.25) is 0 Å². The van der Waals surface area contributed by atoms with Crippen molar-refractivity contribution < 1.29 is 14.3 Å². The molecule has 0 fully saturated rings. The maximum atomic E-state index is 12.4. The molecule has 0 radical (unpaired) electrons. The maximum Gasteiger partial charge on any atom is 0.340 e. The van der Waals surface area contributed by atoms with Gasteiger partial charge < -0.3 is 15.4 Å². The summed E-state index contributed by atoms with van der Waals surface area (Å²) < 4.78 is 5.01. The van der Waals surface area contributed by atoms with Crippen LogP contribution in [0.15, 0.2) is 42.6 Å². The summed E-state index contributed by atoms with van der Waals surface area (Å²) in [6.45, 7) is 7.03. The summed E-state index contributed by atoms with van der Waals surface area (Å²) in [5, 5.41) is 5.93. The summed E-state index contributed by atoms with van der Waals surface area (Å²) in [5.41, 5.74) is 1.14. The van der Waals surface area contributed by atoms with E-state index in [-0.39, 0.29) is 12.5 Å². The summed E-state index contributed by atoms with van der Waals surface area (Å²) in [4.78, 5) is 28.6. The molecule has 1 heterocycles. The smallest absolute Gasteiger partial charge is 0.340 e. The van der Waals surface area contributed by atoms with Gasteiger partial charge in [-0.25, -0.2) is 9.78 Å². The largest absolute Gasteiger partial charge is 0.462 e. The van der Waals surface area contributed by atoms with Gasteiger partial charge in [-0.1, -0.05) is 26.0 Å². The Labute approximate surface area is 147 Å². The average molecular weight is 341 g/mol. The highest BCUT2D eigenvalue weighted by atomic mass is 16.5. The van der Waals surface area contributed by atoms with E-state index in [2.05, 4.69) is 29.5 Å². The second-order valence-corrected chi connectivity index (χ2v) is 5.93. The van der Waals surface area contributed by atoms with Crippen LogP contribution in [0, 0.1) is 5.92 Å². The van der Waals surface area contributed by atoms with Crippen molar-refractivity contribution in [1.29, 1.82) is 0 Å². The van der Waals surface area contributed by atoms with Crippen LogP contribution in [0.25, 0.3) is 0 Å². The minimum Gasteiger partial charge on any atom is -0.462 e. The monoisotopic (exact) mass is 341 g/mol. The number of hydrogen-bond donors (Lipinski definition) is 2. The lowest BCUT2D eigenvalue weighted by Gasteiger charge is -2.11. The summed E-state index contributed by atoms with van der Waals surface area (Å²) in [5.74, 6) is 0.422. The number of hydrogen-bond acceptors (Lipinski definition) is 5. The summed E-state index contributed by atoms with van der Waals surface area (Å²) in [6, 6.07) is 10.2. The molecule has 25 heavy (non-hydrogen) atoms. The van der Waals surface area contributed by atoms with Crippen LogP contribution in [0.3, 0.4) is 0 Å². The minimum absolute atomic E-state index is 0.274. The van der Waals surface area contributed by atoms with Crippen molar-refractivity contribution in [3.05, 3.63) is 53.7 Å². The number of pyridine rings is 1. The molecule has 0 atom stereocenters. The molecule has 132 valence electrons. The lowest BCUT2D eigenvalue weighted by atomic mass is 10.1. The van der Waals surface area contributed by atoms with Gasteiger partial charge in [0.1, 0.15) is 5.82 Å². The van der Waals surface area contributed by atoms with E-state index in [1.165, 1.54) is 6.20 Å². The molecule has 1 aromatic heterocycles. The van der Waals surface area contributed by atoms with Crippen molar-refractivity contribution >= 4 is 23.4 Å². The number of rotatable bonds is 7. The van der Waals surface area contributed by atoms with Gasteiger partial charge in [-0.2, -0.15) is 0 Å². The van der Waals surface area contributed by atoms with Crippen LogP contribution in [-0.2, 0) is 4.74 Å². The number of para-hydroxylation sites is 1. The Morgan fingerprint density at radius 1 is 1.16 bits per heavy atom. The van der Waals surface area contributed by atoms with Gasteiger partial charge in [0.2, 0.25) is 0 Å². The van der Waals surface area contributed by atoms with Gasteiger partial charge in [0.15, 0.2) is 0 Å². The molecule has 2 N–H and O–H groups in total. The molecule has 1 aromatic carbocycles. The second kappa shape index (κ2) is 8.82. The molecular weight excluding hydrogens is 318 g/mol. The molecule has 0 saturated heterocycles. The third kappa shape index (κ3) is 5.31. The number of carbonyl (C=O) groups is 2. The van der Waals surface area contributed by atoms with Crippen LogP contribution in [0.5, 0.6) is 0 Å². The highest BCUT2D eigenvalue weighted by Crippen LogP contribution is 2.17. The molecule has 0 unspecified atom stereocenters. The zero-order valence-electron chi connectivity index (χ0n) is 14.7. The number of nitrogens with one attached hydrogen (secondary N) is 2. The SMILES string of the molecule is CCOC(=O)c1ccccc1NC(=O)c1ccc(NCC(C)C)nc1. The highest BCUT2D eigenvalue weighted by Gasteiger charge is 2.15. The van der Waals surface area contributed by atoms with Gasteiger partial charge in [-0.3, -0.25) is 4.79 Å². The number of aromatic nitrogens is 1. The van der Waals surface area contributed by atoms with E-state index in [0.717, 1.165) is 12.4 Å². The van der Waals surface area contributed by atoms with E-state index in [9.17, 15) is 9.59 Å². The van der Waals surface area contributed by atoms with E-state index in [1.807, 2.05) is 0 Å². The first-order chi connectivity index (χ1) is 12.0. The van der Waals surface area contributed by atoms with Crippen molar-refractivity contribution in [3.8, 4) is 0 Å². The molecule has 0 bridgehead atoms. The van der Waals surface area contributed by atoms with Crippen LogP contribution >= 0.6 is 0 Å². The first kappa shape index (κ1) is 18.4. The minimum atomic E-state index is -0.468. The maximum absolute atomic E-state index is 12.4. The van der Waals surface area contributed by atoms with Crippen molar-refractivity contribution in [2.75, 3.05) is 23.8 Å². The Hall–Kier alpha value is -2.89. The fraction of sp³-hybridized carbons (Fsp3) is 0.316. The number of anilines is 2. The molecule has 1 amide bonds. The lowest BCUT2D eigenvalue weighted by molar-refractivity contribution is 0.0527. The Balaban J connectivity index is 2.08. The molecule has 0 saturated carbocycles. The number of amides is 1. The third-order valence-corrected chi connectivity index (χ3v) is 3.39. The van der Waals surface area contributed by atoms with Gasteiger partial charge >= 0.3 is 5.97 Å². The fourth-order valence-electron chi connectivity index (χ4n) is 2.11. The Kier molecular flexibility index (Phi) is 6.51. The molecule has 0 aliphatic rings. The predicted molar refractivity (Wildman–Crippen MR) is 97.9 cm³/mol. The second-order valence-electron chi connectivity index (χ2n) is 5.93. The molecule has 6 heteroatoms. The zero-order chi connectivity index (χ0) is 18.2. The van der Waals surface area contributed by atoms with Gasteiger partial charge in [0, 0.05) is 12.7 Å². The number of nitrogens with zero attached hydrogens (tertiary/aromatic N) is 1. The summed E-state index contributed by atoms with van der Waals surface area (Å²) in [7, 11) is 0. The number of ether oxygens (including phenoxy) is 1. The number of esters is 1. The first-order valence-corrected chi connectivity index (χ1v) is 8.28. The number of carbonyl (C=O) groups excluding carboxylic acids is 2. The van der Waals surface area contributed by atoms with E-state index < -0.39 is 5.97 Å². The van der Waals surface area contributed by atoms with Crippen molar-refractivity contribution in [2.24, 2.45) is 5.92 Å². The topological polar surface area (TPSA) is 80.3 Å². The molecule has 2 rings (SSSR count). The van der Waals surface area contributed by atoms with Gasteiger partial charge in [0.05, 0.1) is 23.4 Å². The molecular formula is C19H23N3O3. The Bertz CT molecular complexity index is 727. The summed E-state index contributed by atoms with van der Waals surface area (Å²) >= 11 is 0. The lowest BCUT2D eigenvalue weighted by Crippen LogP contribution is -2.16. The molecule has 6 nitrogen and oxygen atoms in total. The van der Waals surface area contributed by atoms with Crippen molar-refractivity contribution in [3.63, 3.8) is 0 Å². The van der Waals surface area contributed by atoms with E-state index in [4.69, 9.17) is 4.74 Å². The fourth-order valence-corrected chi connectivity index (χ4v) is 2.11. The normalized spacial score (nSPS) is 10.4. The summed E-state index contributed by atoms with van der Waals surface area (Å²) in [6.07, 6.45) is 1.50.